The zero-order valence-corrected chi connectivity index (χ0v) is 11.8. The monoisotopic (exact) mass is 311 g/mol. The third-order valence-electron chi connectivity index (χ3n) is 2.22. The topological polar surface area (TPSA) is 128 Å². The number of hydrogen-bond acceptors (Lipinski definition) is 6. The van der Waals surface area contributed by atoms with Crippen molar-refractivity contribution in [3.63, 3.8) is 0 Å². The zero-order chi connectivity index (χ0) is 15.8. The van der Waals surface area contributed by atoms with Gasteiger partial charge in [-0.2, -0.15) is 0 Å². The lowest BCUT2D eigenvalue weighted by Crippen LogP contribution is -2.41. The van der Waals surface area contributed by atoms with E-state index in [1.807, 2.05) is 0 Å². The summed E-state index contributed by atoms with van der Waals surface area (Å²) < 4.78 is 3.71. The van der Waals surface area contributed by atoms with Crippen molar-refractivity contribution in [3.8, 4) is 0 Å². The van der Waals surface area contributed by atoms with E-state index in [4.69, 9.17) is 10.2 Å². The summed E-state index contributed by atoms with van der Waals surface area (Å²) in [5.41, 5.74) is 0.423. The van der Waals surface area contributed by atoms with Crippen molar-refractivity contribution in [2.24, 2.45) is 9.63 Å². The summed E-state index contributed by atoms with van der Waals surface area (Å²) in [6, 6.07) is 4.80. The van der Waals surface area contributed by atoms with Crippen molar-refractivity contribution in [2.75, 3.05) is 5.75 Å². The average Bonchev–Trinajstić information content (AvgIpc) is 2.41. The quantitative estimate of drug-likeness (QED) is 0.519. The highest BCUT2D eigenvalue weighted by atomic mass is 32.2. The molecular formula is C12H13N3O5S. The van der Waals surface area contributed by atoms with Crippen molar-refractivity contribution in [2.45, 2.75) is 13.0 Å². The second-order valence-corrected chi connectivity index (χ2v) is 4.68. The highest BCUT2D eigenvalue weighted by Gasteiger charge is 2.18. The molecule has 8 nitrogen and oxygen atoms in total. The fourth-order valence-electron chi connectivity index (χ4n) is 1.31. The van der Waals surface area contributed by atoms with Gasteiger partial charge in [-0.05, 0) is 18.2 Å². The van der Waals surface area contributed by atoms with Crippen LogP contribution in [0.1, 0.15) is 17.3 Å². The summed E-state index contributed by atoms with van der Waals surface area (Å²) in [6.45, 7) is 1.22. The fraction of sp³-hybridized carbons (Fsp3) is 0.250. The first-order valence-electron chi connectivity index (χ1n) is 5.76. The number of nitrogens with one attached hydrogen (secondary N) is 1. The number of amides is 1. The first-order valence-corrected chi connectivity index (χ1v) is 6.70. The Morgan fingerprint density at radius 1 is 1.33 bits per heavy atom. The SMILES string of the molecule is CC(=O)N[C@H](CSN=Nc1cccc(C(=O)O)c1)C(=O)O. The standard InChI is InChI=1S/C12H13N3O5S/c1-7(16)13-10(12(19)20)6-21-15-14-9-4-2-3-8(5-9)11(17)18/h2-5,10H,6H2,1H3,(H,13,16)(H,17,18)(H,19,20)/t10-/m1/s1. The van der Waals surface area contributed by atoms with Gasteiger partial charge in [0.25, 0.3) is 0 Å². The van der Waals surface area contributed by atoms with E-state index in [1.165, 1.54) is 25.1 Å². The summed E-state index contributed by atoms with van der Waals surface area (Å²) in [5.74, 6) is -2.68. The number of aromatic carboxylic acids is 1. The van der Waals surface area contributed by atoms with Crippen LogP contribution in [0.4, 0.5) is 5.69 Å². The van der Waals surface area contributed by atoms with Gasteiger partial charge >= 0.3 is 11.9 Å². The van der Waals surface area contributed by atoms with E-state index in [0.29, 0.717) is 5.69 Å². The maximum absolute atomic E-state index is 10.9. The van der Waals surface area contributed by atoms with Gasteiger partial charge in [0.05, 0.1) is 11.3 Å². The smallest absolute Gasteiger partial charge is 0.335 e. The molecule has 0 heterocycles. The van der Waals surface area contributed by atoms with Crippen LogP contribution in [0.3, 0.4) is 0 Å². The first-order chi connectivity index (χ1) is 9.90. The molecule has 21 heavy (non-hydrogen) atoms. The molecule has 1 rings (SSSR count). The molecule has 1 aromatic rings. The Kier molecular flexibility index (Phi) is 6.34. The zero-order valence-electron chi connectivity index (χ0n) is 11.0. The van der Waals surface area contributed by atoms with Gasteiger partial charge in [0.15, 0.2) is 0 Å². The normalized spacial score (nSPS) is 12.0. The second-order valence-electron chi connectivity index (χ2n) is 3.92. The van der Waals surface area contributed by atoms with Crippen LogP contribution in [-0.2, 0) is 9.59 Å². The first kappa shape index (κ1) is 16.6. The molecule has 1 aromatic carbocycles. The summed E-state index contributed by atoms with van der Waals surface area (Å²) >= 11 is 0.856. The van der Waals surface area contributed by atoms with Gasteiger partial charge in [0, 0.05) is 24.6 Å². The summed E-state index contributed by atoms with van der Waals surface area (Å²) in [7, 11) is 0. The van der Waals surface area contributed by atoms with Gasteiger partial charge in [-0.3, -0.25) is 4.79 Å². The van der Waals surface area contributed by atoms with Gasteiger partial charge in [-0.15, -0.1) is 9.63 Å². The lowest BCUT2D eigenvalue weighted by Gasteiger charge is -2.10. The van der Waals surface area contributed by atoms with Crippen LogP contribution in [0.2, 0.25) is 0 Å². The molecule has 0 saturated heterocycles. The molecule has 0 aliphatic rings. The van der Waals surface area contributed by atoms with Crippen LogP contribution in [0.15, 0.2) is 33.9 Å². The molecule has 1 amide bonds. The molecule has 0 saturated carbocycles. The molecule has 0 spiro atoms. The van der Waals surface area contributed by atoms with Gasteiger partial charge in [-0.25, -0.2) is 9.59 Å². The molecule has 0 fully saturated rings. The third-order valence-corrected chi connectivity index (χ3v) is 2.90. The number of carboxylic acid groups (broad SMARTS) is 2. The Labute approximate surface area is 124 Å². The highest BCUT2D eigenvalue weighted by molar-refractivity contribution is 7.97. The average molecular weight is 311 g/mol. The van der Waals surface area contributed by atoms with Crippen LogP contribution < -0.4 is 5.32 Å². The third kappa shape index (κ3) is 6.04. The summed E-state index contributed by atoms with van der Waals surface area (Å²) in [4.78, 5) is 32.4. The van der Waals surface area contributed by atoms with Crippen molar-refractivity contribution < 1.29 is 24.6 Å². The van der Waals surface area contributed by atoms with Gasteiger partial charge in [-0.1, -0.05) is 6.07 Å². The minimum Gasteiger partial charge on any atom is -0.480 e. The number of carbonyl (C=O) groups excluding carboxylic acids is 1. The lowest BCUT2D eigenvalue weighted by molar-refractivity contribution is -0.140. The highest BCUT2D eigenvalue weighted by Crippen LogP contribution is 2.17. The van der Waals surface area contributed by atoms with Crippen LogP contribution in [0.25, 0.3) is 0 Å². The molecule has 0 unspecified atom stereocenters. The number of aliphatic carboxylic acids is 1. The lowest BCUT2D eigenvalue weighted by atomic mass is 10.2. The molecule has 1 atom stereocenters. The van der Waals surface area contributed by atoms with Gasteiger partial charge < -0.3 is 15.5 Å². The van der Waals surface area contributed by atoms with E-state index in [0.717, 1.165) is 11.9 Å². The number of rotatable bonds is 7. The minimum absolute atomic E-state index is 0.0109. The molecule has 112 valence electrons. The van der Waals surface area contributed by atoms with Crippen LogP contribution in [0.5, 0.6) is 0 Å². The molecule has 0 bridgehead atoms. The van der Waals surface area contributed by atoms with Crippen molar-refractivity contribution in [1.29, 1.82) is 0 Å². The minimum atomic E-state index is -1.17. The second kappa shape index (κ2) is 8.00. The van der Waals surface area contributed by atoms with Crippen LogP contribution in [-0.4, -0.2) is 39.9 Å². The fourth-order valence-corrected chi connectivity index (χ4v) is 1.90. The largest absolute Gasteiger partial charge is 0.480 e. The Hall–Kier alpha value is -2.42. The number of hydrogen-bond donors (Lipinski definition) is 3. The Morgan fingerprint density at radius 3 is 2.62 bits per heavy atom. The molecule has 0 aromatic heterocycles. The van der Waals surface area contributed by atoms with E-state index in [9.17, 15) is 14.4 Å². The predicted molar refractivity (Wildman–Crippen MR) is 75.6 cm³/mol. The summed E-state index contributed by atoms with van der Waals surface area (Å²) in [6.07, 6.45) is 0. The van der Waals surface area contributed by atoms with E-state index in [1.54, 1.807) is 6.07 Å². The molecular weight excluding hydrogens is 298 g/mol. The molecule has 0 aliphatic carbocycles. The predicted octanol–water partition coefficient (Wildman–Crippen LogP) is 1.71. The van der Waals surface area contributed by atoms with Gasteiger partial charge in [0.1, 0.15) is 6.04 Å². The maximum atomic E-state index is 10.9. The number of carboxylic acids is 2. The van der Waals surface area contributed by atoms with Crippen molar-refractivity contribution >= 4 is 35.5 Å². The molecule has 0 radical (unpaired) electrons. The Balaban J connectivity index is 2.57. The van der Waals surface area contributed by atoms with E-state index in [2.05, 4.69) is 15.0 Å². The molecule has 0 aliphatic heterocycles. The summed E-state index contributed by atoms with van der Waals surface area (Å²) in [5, 5.41) is 23.7. The van der Waals surface area contributed by atoms with Crippen LogP contribution in [0, 0.1) is 0 Å². The van der Waals surface area contributed by atoms with Crippen molar-refractivity contribution in [1.82, 2.24) is 5.32 Å². The van der Waals surface area contributed by atoms with Crippen LogP contribution >= 0.6 is 11.9 Å². The maximum Gasteiger partial charge on any atom is 0.335 e. The molecule has 3 N–H and O–H groups in total. The number of carbonyl (C=O) groups is 3. The number of benzene rings is 1. The van der Waals surface area contributed by atoms with Crippen molar-refractivity contribution in [3.05, 3.63) is 29.8 Å². The van der Waals surface area contributed by atoms with E-state index < -0.39 is 23.9 Å². The van der Waals surface area contributed by atoms with E-state index >= 15 is 0 Å². The van der Waals surface area contributed by atoms with Gasteiger partial charge in [0.2, 0.25) is 5.91 Å². The Bertz CT molecular complexity index is 576. The molecule has 9 heteroatoms. The van der Waals surface area contributed by atoms with E-state index in [-0.39, 0.29) is 11.3 Å². The Morgan fingerprint density at radius 2 is 2.05 bits per heavy atom. The number of nitrogens with zero attached hydrogens (tertiary/aromatic N) is 2.